The molecule has 0 aromatic heterocycles. The molecule has 0 bridgehead atoms. The van der Waals surface area contributed by atoms with E-state index in [-0.39, 0.29) is 18.5 Å². The number of anilines is 2. The van der Waals surface area contributed by atoms with Crippen molar-refractivity contribution >= 4 is 34.9 Å². The number of hydrogen-bond donors (Lipinski definition) is 2. The second-order valence-electron chi connectivity index (χ2n) is 6.81. The van der Waals surface area contributed by atoms with E-state index in [4.69, 9.17) is 16.3 Å². The monoisotopic (exact) mass is 366 g/mol. The van der Waals surface area contributed by atoms with E-state index in [0.29, 0.717) is 28.1 Å². The van der Waals surface area contributed by atoms with Crippen LogP contribution >= 0.6 is 11.6 Å². The number of ether oxygens (including phenoxy) is 1. The number of nitrogens with zero attached hydrogens (tertiary/aromatic N) is 2. The first-order valence-corrected chi connectivity index (χ1v) is 8.77. The number of carbonyl (C=O) groups excluding carboxylic acids is 2. The molecule has 0 saturated carbocycles. The summed E-state index contributed by atoms with van der Waals surface area (Å²) >= 11 is 6.24. The average molecular weight is 367 g/mol. The lowest BCUT2D eigenvalue weighted by Crippen LogP contribution is -2.44. The first kappa shape index (κ1) is 17.8. The second-order valence-corrected chi connectivity index (χ2v) is 7.22. The molecule has 1 saturated heterocycles. The Labute approximate surface area is 152 Å². The van der Waals surface area contributed by atoms with Crippen molar-refractivity contribution in [3.63, 3.8) is 0 Å². The van der Waals surface area contributed by atoms with Gasteiger partial charge in [0, 0.05) is 25.7 Å². The molecule has 136 valence electrons. The highest BCUT2D eigenvalue weighted by Crippen LogP contribution is 2.36. The summed E-state index contributed by atoms with van der Waals surface area (Å²) < 4.78 is 5.38. The number of nitrogens with one attached hydrogen (secondary N) is 2. The average Bonchev–Trinajstić information content (AvgIpc) is 2.55. The number of carbonyl (C=O) groups is 2. The van der Waals surface area contributed by atoms with Crippen molar-refractivity contribution in [2.75, 3.05) is 51.0 Å². The highest BCUT2D eigenvalue weighted by molar-refractivity contribution is 6.34. The van der Waals surface area contributed by atoms with Crippen molar-refractivity contribution in [1.82, 2.24) is 9.80 Å². The molecule has 2 aliphatic heterocycles. The zero-order chi connectivity index (χ0) is 18.0. The molecule has 7 nitrogen and oxygen atoms in total. The number of fused-ring (bicyclic) bond motifs is 1. The third-order valence-corrected chi connectivity index (χ3v) is 4.69. The maximum absolute atomic E-state index is 12.6. The van der Waals surface area contributed by atoms with Crippen LogP contribution in [-0.4, -0.2) is 62.1 Å². The van der Waals surface area contributed by atoms with Crippen LogP contribution in [0.4, 0.5) is 16.2 Å². The Kier molecular flexibility index (Phi) is 5.34. The van der Waals surface area contributed by atoms with Crippen LogP contribution in [0.3, 0.4) is 0 Å². The third-order valence-electron chi connectivity index (χ3n) is 4.37. The molecule has 3 amide bonds. The van der Waals surface area contributed by atoms with E-state index < -0.39 is 0 Å². The summed E-state index contributed by atoms with van der Waals surface area (Å²) in [4.78, 5) is 27.9. The van der Waals surface area contributed by atoms with Crippen LogP contribution in [0.5, 0.6) is 5.75 Å². The van der Waals surface area contributed by atoms with Crippen molar-refractivity contribution in [2.24, 2.45) is 5.92 Å². The van der Waals surface area contributed by atoms with Crippen LogP contribution in [0, 0.1) is 5.92 Å². The third kappa shape index (κ3) is 4.35. The SMILES string of the molecule is CN(C)C[C@@H]1CCCN(C(=O)Nc2cc3c(cc2Cl)NC(=O)CO3)C1. The largest absolute Gasteiger partial charge is 0.482 e. The number of urea groups is 1. The summed E-state index contributed by atoms with van der Waals surface area (Å²) in [6, 6.07) is 3.08. The van der Waals surface area contributed by atoms with E-state index in [1.165, 1.54) is 0 Å². The topological polar surface area (TPSA) is 73.9 Å². The van der Waals surface area contributed by atoms with E-state index >= 15 is 0 Å². The fourth-order valence-corrected chi connectivity index (χ4v) is 3.52. The fourth-order valence-electron chi connectivity index (χ4n) is 3.31. The summed E-state index contributed by atoms with van der Waals surface area (Å²) in [6.45, 7) is 2.40. The lowest BCUT2D eigenvalue weighted by Gasteiger charge is -2.34. The zero-order valence-electron chi connectivity index (χ0n) is 14.5. The maximum Gasteiger partial charge on any atom is 0.321 e. The van der Waals surface area contributed by atoms with Gasteiger partial charge in [0.2, 0.25) is 0 Å². The van der Waals surface area contributed by atoms with E-state index in [0.717, 1.165) is 32.5 Å². The van der Waals surface area contributed by atoms with Gasteiger partial charge in [-0.05, 0) is 38.9 Å². The lowest BCUT2D eigenvalue weighted by atomic mass is 9.98. The van der Waals surface area contributed by atoms with Gasteiger partial charge in [0.1, 0.15) is 5.75 Å². The van der Waals surface area contributed by atoms with Crippen LogP contribution in [0.1, 0.15) is 12.8 Å². The molecule has 1 aromatic rings. The molecular formula is C17H23ClN4O3. The lowest BCUT2D eigenvalue weighted by molar-refractivity contribution is -0.118. The molecule has 1 fully saturated rings. The normalized spacial score (nSPS) is 19.9. The van der Waals surface area contributed by atoms with E-state index in [9.17, 15) is 9.59 Å². The van der Waals surface area contributed by atoms with Gasteiger partial charge >= 0.3 is 6.03 Å². The first-order valence-electron chi connectivity index (χ1n) is 8.39. The number of piperidine rings is 1. The Morgan fingerprint density at radius 1 is 1.48 bits per heavy atom. The predicted octanol–water partition coefficient (Wildman–Crippen LogP) is 2.48. The molecule has 25 heavy (non-hydrogen) atoms. The summed E-state index contributed by atoms with van der Waals surface area (Å²) in [7, 11) is 4.09. The second kappa shape index (κ2) is 7.49. The maximum atomic E-state index is 12.6. The number of rotatable bonds is 3. The number of halogens is 1. The highest BCUT2D eigenvalue weighted by atomic mass is 35.5. The van der Waals surface area contributed by atoms with Gasteiger partial charge in [-0.25, -0.2) is 4.79 Å². The summed E-state index contributed by atoms with van der Waals surface area (Å²) in [5.41, 5.74) is 1.000. The minimum absolute atomic E-state index is 0.0413. The van der Waals surface area contributed by atoms with Gasteiger partial charge < -0.3 is 25.2 Å². The summed E-state index contributed by atoms with van der Waals surface area (Å²) in [5.74, 6) is 0.760. The van der Waals surface area contributed by atoms with Gasteiger partial charge in [0.25, 0.3) is 5.91 Å². The molecule has 2 aliphatic rings. The van der Waals surface area contributed by atoms with Crippen molar-refractivity contribution in [1.29, 1.82) is 0 Å². The Morgan fingerprint density at radius 2 is 2.28 bits per heavy atom. The van der Waals surface area contributed by atoms with Gasteiger partial charge in [-0.15, -0.1) is 0 Å². The van der Waals surface area contributed by atoms with Gasteiger partial charge in [-0.1, -0.05) is 11.6 Å². The molecule has 0 radical (unpaired) electrons. The molecule has 8 heteroatoms. The predicted molar refractivity (Wildman–Crippen MR) is 97.4 cm³/mol. The Morgan fingerprint density at radius 3 is 3.04 bits per heavy atom. The summed E-state index contributed by atoms with van der Waals surface area (Å²) in [5, 5.41) is 5.92. The van der Waals surface area contributed by atoms with Gasteiger partial charge in [0.15, 0.2) is 6.61 Å². The quantitative estimate of drug-likeness (QED) is 0.861. The molecule has 3 rings (SSSR count). The van der Waals surface area contributed by atoms with E-state index in [1.54, 1.807) is 12.1 Å². The minimum Gasteiger partial charge on any atom is -0.482 e. The van der Waals surface area contributed by atoms with Crippen molar-refractivity contribution < 1.29 is 14.3 Å². The zero-order valence-corrected chi connectivity index (χ0v) is 15.2. The molecule has 2 N–H and O–H groups in total. The smallest absolute Gasteiger partial charge is 0.321 e. The van der Waals surface area contributed by atoms with Crippen molar-refractivity contribution in [3.8, 4) is 5.75 Å². The molecule has 1 aromatic carbocycles. The summed E-state index contributed by atoms with van der Waals surface area (Å²) in [6.07, 6.45) is 2.13. The van der Waals surface area contributed by atoms with Crippen LogP contribution in [-0.2, 0) is 4.79 Å². The van der Waals surface area contributed by atoms with Crippen molar-refractivity contribution in [2.45, 2.75) is 12.8 Å². The molecule has 1 atom stereocenters. The Hall–Kier alpha value is -1.99. The molecule has 0 aliphatic carbocycles. The van der Waals surface area contributed by atoms with Crippen LogP contribution in [0.15, 0.2) is 12.1 Å². The fraction of sp³-hybridized carbons (Fsp3) is 0.529. The molecule has 2 heterocycles. The number of benzene rings is 1. The van der Waals surface area contributed by atoms with Gasteiger partial charge in [0.05, 0.1) is 16.4 Å². The van der Waals surface area contributed by atoms with Gasteiger partial charge in [-0.3, -0.25) is 4.79 Å². The Bertz CT molecular complexity index is 680. The van der Waals surface area contributed by atoms with E-state index in [1.807, 2.05) is 19.0 Å². The van der Waals surface area contributed by atoms with Crippen molar-refractivity contribution in [3.05, 3.63) is 17.2 Å². The molecule has 0 unspecified atom stereocenters. The van der Waals surface area contributed by atoms with Gasteiger partial charge in [-0.2, -0.15) is 0 Å². The van der Waals surface area contributed by atoms with Crippen LogP contribution < -0.4 is 15.4 Å². The highest BCUT2D eigenvalue weighted by Gasteiger charge is 2.25. The minimum atomic E-state index is -0.222. The van der Waals surface area contributed by atoms with Crippen LogP contribution in [0.25, 0.3) is 0 Å². The molecule has 0 spiro atoms. The first-order chi connectivity index (χ1) is 11.9. The standard InChI is InChI=1S/C17H23ClN4O3/c1-21(2)8-11-4-3-5-22(9-11)17(24)20-13-7-15-14(6-12(13)18)19-16(23)10-25-15/h6-7,11H,3-5,8-10H2,1-2H3,(H,19,23)(H,20,24)/t11-/m0/s1. The van der Waals surface area contributed by atoms with E-state index in [2.05, 4.69) is 15.5 Å². The van der Waals surface area contributed by atoms with Crippen LogP contribution in [0.2, 0.25) is 5.02 Å². The number of amides is 3. The molecular weight excluding hydrogens is 344 g/mol. The number of hydrogen-bond acceptors (Lipinski definition) is 4. The number of likely N-dealkylation sites (tertiary alicyclic amines) is 1. The Balaban J connectivity index is 1.67.